The summed E-state index contributed by atoms with van der Waals surface area (Å²) in [4.78, 5) is 2.76. The van der Waals surface area contributed by atoms with Gasteiger partial charge in [-0.1, -0.05) is 47.0 Å². The lowest BCUT2D eigenvalue weighted by molar-refractivity contribution is 0.151. The van der Waals surface area contributed by atoms with Crippen LogP contribution >= 0.6 is 0 Å². The largest absolute Gasteiger partial charge is 0.300 e. The molecule has 0 aliphatic carbocycles. The third kappa shape index (κ3) is 4.62. The molecule has 4 atom stereocenters. The van der Waals surface area contributed by atoms with E-state index in [1.54, 1.807) is 0 Å². The van der Waals surface area contributed by atoms with Crippen LogP contribution in [0, 0.1) is 17.8 Å². The molecule has 1 heteroatoms. The Morgan fingerprint density at radius 2 is 1.71 bits per heavy atom. The van der Waals surface area contributed by atoms with Crippen LogP contribution in [-0.2, 0) is 0 Å². The Hall–Kier alpha value is -0.0400. The van der Waals surface area contributed by atoms with Crippen molar-refractivity contribution in [1.82, 2.24) is 4.90 Å². The van der Waals surface area contributed by atoms with Crippen molar-refractivity contribution in [3.8, 4) is 0 Å². The average Bonchev–Trinajstić information content (AvgIpc) is 2.38. The lowest BCUT2D eigenvalue weighted by Gasteiger charge is -2.32. The summed E-state index contributed by atoms with van der Waals surface area (Å²) >= 11 is 0. The van der Waals surface area contributed by atoms with Gasteiger partial charge >= 0.3 is 0 Å². The molecule has 0 saturated carbocycles. The predicted molar refractivity (Wildman–Crippen MR) is 77.3 cm³/mol. The maximum Gasteiger partial charge on any atom is 0.00952 e. The SMILES string of the molecule is CCCCCCN1CC(C)CC(C)C(C)C1C. The first-order valence-corrected chi connectivity index (χ1v) is 7.80. The Bertz CT molecular complexity index is 202. The Morgan fingerprint density at radius 3 is 2.35 bits per heavy atom. The summed E-state index contributed by atoms with van der Waals surface area (Å²) in [5, 5.41) is 0. The zero-order valence-electron chi connectivity index (χ0n) is 12.7. The fraction of sp³-hybridized carbons (Fsp3) is 1.00. The van der Waals surface area contributed by atoms with E-state index in [4.69, 9.17) is 0 Å². The van der Waals surface area contributed by atoms with Gasteiger partial charge in [0.2, 0.25) is 0 Å². The van der Waals surface area contributed by atoms with Gasteiger partial charge in [-0.2, -0.15) is 0 Å². The van der Waals surface area contributed by atoms with Crippen molar-refractivity contribution >= 4 is 0 Å². The molecule has 0 aromatic heterocycles. The van der Waals surface area contributed by atoms with Crippen LogP contribution in [-0.4, -0.2) is 24.0 Å². The molecular formula is C16H33N. The summed E-state index contributed by atoms with van der Waals surface area (Å²) in [5.41, 5.74) is 0. The summed E-state index contributed by atoms with van der Waals surface area (Å²) in [6.07, 6.45) is 6.98. The normalized spacial score (nSPS) is 35.8. The minimum absolute atomic E-state index is 0.775. The van der Waals surface area contributed by atoms with Crippen molar-refractivity contribution in [3.05, 3.63) is 0 Å². The van der Waals surface area contributed by atoms with Crippen molar-refractivity contribution in [2.75, 3.05) is 13.1 Å². The van der Waals surface area contributed by atoms with Gasteiger partial charge in [0.15, 0.2) is 0 Å². The molecule has 0 spiro atoms. The molecule has 1 nitrogen and oxygen atoms in total. The van der Waals surface area contributed by atoms with E-state index in [0.29, 0.717) is 0 Å². The van der Waals surface area contributed by atoms with Gasteiger partial charge in [0.05, 0.1) is 0 Å². The Balaban J connectivity index is 2.45. The molecule has 0 radical (unpaired) electrons. The quantitative estimate of drug-likeness (QED) is 0.635. The second kappa shape index (κ2) is 7.41. The van der Waals surface area contributed by atoms with Gasteiger partial charge in [-0.3, -0.25) is 0 Å². The zero-order valence-corrected chi connectivity index (χ0v) is 12.7. The minimum Gasteiger partial charge on any atom is -0.300 e. The lowest BCUT2D eigenvalue weighted by atomic mass is 9.86. The van der Waals surface area contributed by atoms with Crippen LogP contribution in [0.5, 0.6) is 0 Å². The van der Waals surface area contributed by atoms with Crippen LogP contribution in [0.25, 0.3) is 0 Å². The molecule has 17 heavy (non-hydrogen) atoms. The fourth-order valence-corrected chi connectivity index (χ4v) is 3.34. The lowest BCUT2D eigenvalue weighted by Crippen LogP contribution is -2.39. The first-order chi connectivity index (χ1) is 8.06. The average molecular weight is 239 g/mol. The maximum absolute atomic E-state index is 2.76. The molecule has 1 saturated heterocycles. The van der Waals surface area contributed by atoms with E-state index >= 15 is 0 Å². The van der Waals surface area contributed by atoms with Gasteiger partial charge in [0.1, 0.15) is 0 Å². The Labute approximate surface area is 109 Å². The van der Waals surface area contributed by atoms with E-state index < -0.39 is 0 Å². The third-order valence-corrected chi connectivity index (χ3v) is 4.85. The van der Waals surface area contributed by atoms with Gasteiger partial charge in [-0.05, 0) is 44.1 Å². The van der Waals surface area contributed by atoms with Crippen LogP contribution in [0.2, 0.25) is 0 Å². The maximum atomic E-state index is 2.76. The summed E-state index contributed by atoms with van der Waals surface area (Å²) in [6.45, 7) is 14.7. The molecule has 0 aromatic rings. The predicted octanol–water partition coefficient (Wildman–Crippen LogP) is 4.57. The topological polar surface area (TPSA) is 3.24 Å². The highest BCUT2D eigenvalue weighted by Gasteiger charge is 2.30. The van der Waals surface area contributed by atoms with Gasteiger partial charge in [-0.15, -0.1) is 0 Å². The first kappa shape index (κ1) is 15.0. The van der Waals surface area contributed by atoms with E-state index in [1.165, 1.54) is 45.2 Å². The van der Waals surface area contributed by atoms with E-state index in [2.05, 4.69) is 39.5 Å². The molecule has 0 aromatic carbocycles. The summed E-state index contributed by atoms with van der Waals surface area (Å²) in [6, 6.07) is 0.775. The highest BCUT2D eigenvalue weighted by molar-refractivity contribution is 4.82. The monoisotopic (exact) mass is 239 g/mol. The summed E-state index contributed by atoms with van der Waals surface area (Å²) < 4.78 is 0. The van der Waals surface area contributed by atoms with Crippen LogP contribution in [0.1, 0.15) is 66.7 Å². The van der Waals surface area contributed by atoms with Crippen molar-refractivity contribution < 1.29 is 0 Å². The van der Waals surface area contributed by atoms with E-state index in [9.17, 15) is 0 Å². The van der Waals surface area contributed by atoms with Crippen molar-refractivity contribution in [3.63, 3.8) is 0 Å². The number of hydrogen-bond acceptors (Lipinski definition) is 1. The van der Waals surface area contributed by atoms with Gasteiger partial charge in [-0.25, -0.2) is 0 Å². The van der Waals surface area contributed by atoms with Gasteiger partial charge < -0.3 is 4.90 Å². The molecule has 1 aliphatic rings. The van der Waals surface area contributed by atoms with E-state index in [-0.39, 0.29) is 0 Å². The van der Waals surface area contributed by atoms with Crippen molar-refractivity contribution in [2.45, 2.75) is 72.8 Å². The van der Waals surface area contributed by atoms with Crippen LogP contribution in [0.3, 0.4) is 0 Å². The number of likely N-dealkylation sites (tertiary alicyclic amines) is 1. The molecular weight excluding hydrogens is 206 g/mol. The highest BCUT2D eigenvalue weighted by Crippen LogP contribution is 2.30. The second-order valence-electron chi connectivity index (χ2n) is 6.47. The van der Waals surface area contributed by atoms with Crippen LogP contribution < -0.4 is 0 Å². The zero-order chi connectivity index (χ0) is 12.8. The first-order valence-electron chi connectivity index (χ1n) is 7.80. The summed E-state index contributed by atoms with van der Waals surface area (Å²) in [5.74, 6) is 2.62. The minimum atomic E-state index is 0.775. The summed E-state index contributed by atoms with van der Waals surface area (Å²) in [7, 11) is 0. The molecule has 1 rings (SSSR count). The highest BCUT2D eigenvalue weighted by atomic mass is 15.2. The van der Waals surface area contributed by atoms with E-state index in [1.807, 2.05) is 0 Å². The van der Waals surface area contributed by atoms with Crippen molar-refractivity contribution in [1.29, 1.82) is 0 Å². The molecule has 0 N–H and O–H groups in total. The van der Waals surface area contributed by atoms with Crippen molar-refractivity contribution in [2.24, 2.45) is 17.8 Å². The molecule has 102 valence electrons. The number of rotatable bonds is 5. The molecule has 1 aliphatic heterocycles. The smallest absolute Gasteiger partial charge is 0.00952 e. The Kier molecular flexibility index (Phi) is 6.54. The van der Waals surface area contributed by atoms with Gasteiger partial charge in [0, 0.05) is 12.6 Å². The number of hydrogen-bond donors (Lipinski definition) is 0. The molecule has 0 bridgehead atoms. The second-order valence-corrected chi connectivity index (χ2v) is 6.47. The fourth-order valence-electron chi connectivity index (χ4n) is 3.34. The number of unbranched alkanes of at least 4 members (excludes halogenated alkanes) is 3. The Morgan fingerprint density at radius 1 is 1.00 bits per heavy atom. The molecule has 4 unspecified atom stereocenters. The number of nitrogens with zero attached hydrogens (tertiary/aromatic N) is 1. The van der Waals surface area contributed by atoms with Crippen LogP contribution in [0.4, 0.5) is 0 Å². The molecule has 0 amide bonds. The third-order valence-electron chi connectivity index (χ3n) is 4.85. The molecule has 1 heterocycles. The van der Waals surface area contributed by atoms with E-state index in [0.717, 1.165) is 23.8 Å². The van der Waals surface area contributed by atoms with Crippen LogP contribution in [0.15, 0.2) is 0 Å². The molecule has 1 fully saturated rings. The van der Waals surface area contributed by atoms with Gasteiger partial charge in [0.25, 0.3) is 0 Å². The standard InChI is InChI=1S/C16H33N/c1-6-7-8-9-10-17-12-13(2)11-14(3)15(4)16(17)5/h13-16H,6-12H2,1-5H3.